The Morgan fingerprint density at radius 3 is 3.08 bits per heavy atom. The van der Waals surface area contributed by atoms with E-state index >= 15 is 0 Å². The predicted octanol–water partition coefficient (Wildman–Crippen LogP) is 0.480. The lowest BCUT2D eigenvalue weighted by Gasteiger charge is -2.35. The molecule has 2 aliphatic rings. The van der Waals surface area contributed by atoms with Gasteiger partial charge in [-0.25, -0.2) is 0 Å². The molecule has 2 atom stereocenters. The monoisotopic (exact) mass is 364 g/mol. The van der Waals surface area contributed by atoms with Gasteiger partial charge in [-0.05, 0) is 19.4 Å². The van der Waals surface area contributed by atoms with Gasteiger partial charge in [0.1, 0.15) is 6.10 Å². The topological polar surface area (TPSA) is 67.2 Å². The van der Waals surface area contributed by atoms with Crippen LogP contribution in [0.15, 0.2) is 17.4 Å². The average Bonchev–Trinajstić information content (AvgIpc) is 3.29. The molecule has 8 heteroatoms. The molecule has 8 nitrogen and oxygen atoms in total. The molecule has 0 aromatic carbocycles. The molecule has 3 heterocycles. The summed E-state index contributed by atoms with van der Waals surface area (Å²) >= 11 is 0. The fourth-order valence-corrected chi connectivity index (χ4v) is 3.82. The summed E-state index contributed by atoms with van der Waals surface area (Å²) in [5, 5.41) is 7.84. The molecule has 26 heavy (non-hydrogen) atoms. The molecule has 1 N–H and O–H groups in total. The third-order valence-electron chi connectivity index (χ3n) is 5.25. The molecular formula is C18H32N6O2. The average molecular weight is 364 g/mol. The number of hydrogen-bond donors (Lipinski definition) is 1. The lowest BCUT2D eigenvalue weighted by atomic mass is 10.1. The van der Waals surface area contributed by atoms with Crippen molar-refractivity contribution in [3.8, 4) is 0 Å². The van der Waals surface area contributed by atoms with Gasteiger partial charge in [0, 0.05) is 58.6 Å². The highest BCUT2D eigenvalue weighted by molar-refractivity contribution is 5.80. The summed E-state index contributed by atoms with van der Waals surface area (Å²) in [7, 11) is 5.55. The van der Waals surface area contributed by atoms with Gasteiger partial charge in [0.25, 0.3) is 0 Å². The molecule has 0 saturated carbocycles. The van der Waals surface area contributed by atoms with Crippen LogP contribution in [0, 0.1) is 0 Å². The Hall–Kier alpha value is -1.64. The Bertz CT molecular complexity index is 590. The van der Waals surface area contributed by atoms with E-state index in [-0.39, 0.29) is 6.10 Å². The van der Waals surface area contributed by atoms with Crippen molar-refractivity contribution >= 4 is 5.96 Å². The minimum Gasteiger partial charge on any atom is -0.383 e. The Balaban J connectivity index is 1.53. The number of nitrogens with one attached hydrogen (secondary N) is 1. The van der Waals surface area contributed by atoms with Gasteiger partial charge in [-0.15, -0.1) is 0 Å². The van der Waals surface area contributed by atoms with E-state index in [1.165, 1.54) is 12.8 Å². The highest BCUT2D eigenvalue weighted by atomic mass is 16.5. The normalized spacial score (nSPS) is 25.0. The fraction of sp³-hybridized carbons (Fsp3) is 0.778. The third kappa shape index (κ3) is 4.75. The quantitative estimate of drug-likeness (QED) is 0.585. The zero-order valence-electron chi connectivity index (χ0n) is 16.2. The molecule has 1 aromatic rings. The second kappa shape index (κ2) is 9.34. The zero-order chi connectivity index (χ0) is 18.4. The van der Waals surface area contributed by atoms with Crippen LogP contribution in [-0.2, 0) is 16.5 Å². The van der Waals surface area contributed by atoms with Crippen molar-refractivity contribution in [2.45, 2.75) is 25.0 Å². The second-order valence-corrected chi connectivity index (χ2v) is 7.01. The number of methoxy groups -OCH3 is 1. The number of likely N-dealkylation sites (tertiary alicyclic amines) is 1. The summed E-state index contributed by atoms with van der Waals surface area (Å²) in [6, 6.07) is 0.553. The standard InChI is InChI=1S/C18H32N6O2/c1-19-18(20-12-16-5-4-6-23(16)7-9-25-3)24-8-10-26-17(14-24)15-11-21-22(2)13-15/h11,13,16-17H,4-10,12,14H2,1-3H3,(H,19,20). The molecule has 146 valence electrons. The van der Waals surface area contributed by atoms with Gasteiger partial charge in [0.05, 0.1) is 26.0 Å². The van der Waals surface area contributed by atoms with Gasteiger partial charge >= 0.3 is 0 Å². The number of aryl methyl sites for hydroxylation is 1. The first-order valence-corrected chi connectivity index (χ1v) is 9.50. The van der Waals surface area contributed by atoms with E-state index in [2.05, 4.69) is 25.2 Å². The van der Waals surface area contributed by atoms with Gasteiger partial charge in [-0.1, -0.05) is 0 Å². The molecule has 3 rings (SSSR count). The van der Waals surface area contributed by atoms with Crippen molar-refractivity contribution < 1.29 is 9.47 Å². The largest absolute Gasteiger partial charge is 0.383 e. The summed E-state index contributed by atoms with van der Waals surface area (Å²) in [4.78, 5) is 9.31. The molecule has 2 unspecified atom stereocenters. The maximum absolute atomic E-state index is 5.94. The lowest BCUT2D eigenvalue weighted by molar-refractivity contribution is -0.00812. The van der Waals surface area contributed by atoms with Crippen LogP contribution in [-0.4, -0.2) is 91.7 Å². The number of guanidine groups is 1. The minimum absolute atomic E-state index is 0.0423. The predicted molar refractivity (Wildman–Crippen MR) is 101 cm³/mol. The highest BCUT2D eigenvalue weighted by Crippen LogP contribution is 2.22. The number of aliphatic imine (C=N–C) groups is 1. The van der Waals surface area contributed by atoms with Crippen LogP contribution >= 0.6 is 0 Å². The van der Waals surface area contributed by atoms with Crippen LogP contribution in [0.25, 0.3) is 0 Å². The van der Waals surface area contributed by atoms with E-state index in [0.29, 0.717) is 12.6 Å². The number of rotatable bonds is 6. The van der Waals surface area contributed by atoms with Crippen molar-refractivity contribution in [3.05, 3.63) is 18.0 Å². The molecule has 2 fully saturated rings. The molecule has 0 spiro atoms. The smallest absolute Gasteiger partial charge is 0.193 e. The van der Waals surface area contributed by atoms with Gasteiger partial charge < -0.3 is 19.7 Å². The molecular weight excluding hydrogens is 332 g/mol. The van der Waals surface area contributed by atoms with E-state index in [4.69, 9.17) is 9.47 Å². The molecule has 1 aromatic heterocycles. The van der Waals surface area contributed by atoms with Crippen LogP contribution in [0.3, 0.4) is 0 Å². The first-order chi connectivity index (χ1) is 12.7. The fourth-order valence-electron chi connectivity index (χ4n) is 3.82. The van der Waals surface area contributed by atoms with Gasteiger partial charge in [-0.3, -0.25) is 14.6 Å². The summed E-state index contributed by atoms with van der Waals surface area (Å²) < 4.78 is 13.0. The minimum atomic E-state index is 0.0423. The maximum atomic E-state index is 5.94. The number of hydrogen-bond acceptors (Lipinski definition) is 5. The van der Waals surface area contributed by atoms with Crippen molar-refractivity contribution in [2.75, 3.05) is 60.1 Å². The van der Waals surface area contributed by atoms with Crippen LogP contribution < -0.4 is 5.32 Å². The molecule has 2 aliphatic heterocycles. The molecule has 0 bridgehead atoms. The molecule has 2 saturated heterocycles. The molecule has 0 aliphatic carbocycles. The number of ether oxygens (including phenoxy) is 2. The zero-order valence-corrected chi connectivity index (χ0v) is 16.2. The Labute approximate surface area is 156 Å². The van der Waals surface area contributed by atoms with Gasteiger partial charge in [0.15, 0.2) is 5.96 Å². The van der Waals surface area contributed by atoms with E-state index in [1.807, 2.05) is 31.2 Å². The Morgan fingerprint density at radius 1 is 1.46 bits per heavy atom. The van der Waals surface area contributed by atoms with Crippen LogP contribution in [0.1, 0.15) is 24.5 Å². The third-order valence-corrected chi connectivity index (χ3v) is 5.25. The van der Waals surface area contributed by atoms with Crippen molar-refractivity contribution in [1.29, 1.82) is 0 Å². The van der Waals surface area contributed by atoms with Gasteiger partial charge in [-0.2, -0.15) is 5.10 Å². The number of aromatic nitrogens is 2. The van der Waals surface area contributed by atoms with Crippen LogP contribution in [0.4, 0.5) is 0 Å². The van der Waals surface area contributed by atoms with E-state index in [9.17, 15) is 0 Å². The van der Waals surface area contributed by atoms with Crippen LogP contribution in [0.5, 0.6) is 0 Å². The first-order valence-electron chi connectivity index (χ1n) is 9.50. The Kier molecular flexibility index (Phi) is 6.87. The van der Waals surface area contributed by atoms with E-state index < -0.39 is 0 Å². The summed E-state index contributed by atoms with van der Waals surface area (Å²) in [5.74, 6) is 0.959. The second-order valence-electron chi connectivity index (χ2n) is 7.01. The van der Waals surface area contributed by atoms with E-state index in [0.717, 1.165) is 50.9 Å². The van der Waals surface area contributed by atoms with Crippen molar-refractivity contribution in [3.63, 3.8) is 0 Å². The van der Waals surface area contributed by atoms with Crippen molar-refractivity contribution in [1.82, 2.24) is 24.9 Å². The van der Waals surface area contributed by atoms with E-state index in [1.54, 1.807) is 7.11 Å². The summed E-state index contributed by atoms with van der Waals surface area (Å²) in [6.45, 7) is 6.23. The molecule has 0 radical (unpaired) electrons. The van der Waals surface area contributed by atoms with Crippen LogP contribution in [0.2, 0.25) is 0 Å². The maximum Gasteiger partial charge on any atom is 0.193 e. The lowest BCUT2D eigenvalue weighted by Crippen LogP contribution is -2.51. The SMILES string of the molecule is CN=C(NCC1CCCN1CCOC)N1CCOC(c2cnn(C)c2)C1. The molecule has 0 amide bonds. The number of nitrogens with zero attached hydrogens (tertiary/aromatic N) is 5. The summed E-state index contributed by atoms with van der Waals surface area (Å²) in [5.41, 5.74) is 1.12. The summed E-state index contributed by atoms with van der Waals surface area (Å²) in [6.07, 6.45) is 6.44. The van der Waals surface area contributed by atoms with Crippen molar-refractivity contribution in [2.24, 2.45) is 12.0 Å². The highest BCUT2D eigenvalue weighted by Gasteiger charge is 2.27. The number of morpholine rings is 1. The van der Waals surface area contributed by atoms with Gasteiger partial charge in [0.2, 0.25) is 0 Å². The first kappa shape index (κ1) is 19.1. The Morgan fingerprint density at radius 2 is 2.35 bits per heavy atom.